The summed E-state index contributed by atoms with van der Waals surface area (Å²) in [5.41, 5.74) is 5.97. The van der Waals surface area contributed by atoms with Crippen molar-refractivity contribution in [3.63, 3.8) is 0 Å². The molecule has 3 heterocycles. The fourth-order valence-corrected chi connectivity index (χ4v) is 4.92. The maximum Gasteiger partial charge on any atom is 0.416 e. The maximum absolute atomic E-state index is 13.6. The topological polar surface area (TPSA) is 59.2 Å². The molecular weight excluding hydrogens is 415 g/mol. The van der Waals surface area contributed by atoms with Gasteiger partial charge in [0, 0.05) is 24.2 Å². The summed E-state index contributed by atoms with van der Waals surface area (Å²) in [5, 5.41) is 0. The van der Waals surface area contributed by atoms with Crippen molar-refractivity contribution in [2.45, 2.75) is 56.8 Å². The SMILES string of the molecule is Cl.NC(=O)c1cccc(C(F)(F)F)c1Cc1cccnc1C1CCC2CCCCN21. The van der Waals surface area contributed by atoms with Crippen LogP contribution >= 0.6 is 12.4 Å². The van der Waals surface area contributed by atoms with Gasteiger partial charge in [0.15, 0.2) is 0 Å². The van der Waals surface area contributed by atoms with Gasteiger partial charge in [0.25, 0.3) is 0 Å². The van der Waals surface area contributed by atoms with Crippen LogP contribution in [0.2, 0.25) is 0 Å². The molecule has 162 valence electrons. The zero-order valence-electron chi connectivity index (χ0n) is 16.5. The van der Waals surface area contributed by atoms with Gasteiger partial charge in [-0.05, 0) is 61.6 Å². The van der Waals surface area contributed by atoms with Crippen LogP contribution in [0.1, 0.15) is 70.9 Å². The number of hydrogen-bond donors (Lipinski definition) is 1. The van der Waals surface area contributed by atoms with Gasteiger partial charge in [-0.15, -0.1) is 12.4 Å². The average Bonchev–Trinajstić information content (AvgIpc) is 3.11. The van der Waals surface area contributed by atoms with Crippen molar-refractivity contribution >= 4 is 18.3 Å². The highest BCUT2D eigenvalue weighted by atomic mass is 35.5. The number of nitrogens with two attached hydrogens (primary N) is 1. The molecular formula is C22H25ClF3N3O. The Labute approximate surface area is 180 Å². The van der Waals surface area contributed by atoms with E-state index in [-0.39, 0.29) is 36.0 Å². The zero-order chi connectivity index (χ0) is 20.6. The van der Waals surface area contributed by atoms with Crippen molar-refractivity contribution in [2.24, 2.45) is 5.73 Å². The lowest BCUT2D eigenvalue weighted by Crippen LogP contribution is -2.36. The first-order valence-electron chi connectivity index (χ1n) is 10.0. The highest BCUT2D eigenvalue weighted by Crippen LogP contribution is 2.41. The second-order valence-electron chi connectivity index (χ2n) is 7.90. The lowest BCUT2D eigenvalue weighted by atomic mass is 9.91. The summed E-state index contributed by atoms with van der Waals surface area (Å²) in [6.07, 6.45) is 2.69. The van der Waals surface area contributed by atoms with Crippen LogP contribution < -0.4 is 5.73 Å². The summed E-state index contributed by atoms with van der Waals surface area (Å²) >= 11 is 0. The van der Waals surface area contributed by atoms with Gasteiger partial charge in [0.2, 0.25) is 5.91 Å². The molecule has 0 radical (unpaired) electrons. The Hall–Kier alpha value is -2.12. The maximum atomic E-state index is 13.6. The lowest BCUT2D eigenvalue weighted by molar-refractivity contribution is -0.138. The number of pyridine rings is 1. The van der Waals surface area contributed by atoms with E-state index in [9.17, 15) is 18.0 Å². The summed E-state index contributed by atoms with van der Waals surface area (Å²) in [6, 6.07) is 7.80. The second kappa shape index (κ2) is 8.94. The van der Waals surface area contributed by atoms with Crippen LogP contribution in [0.15, 0.2) is 36.5 Å². The first kappa shape index (κ1) is 22.6. The molecule has 2 saturated heterocycles. The normalized spacial score (nSPS) is 21.7. The highest BCUT2D eigenvalue weighted by molar-refractivity contribution is 5.94. The van der Waals surface area contributed by atoms with Crippen molar-refractivity contribution in [1.29, 1.82) is 0 Å². The van der Waals surface area contributed by atoms with E-state index in [1.807, 2.05) is 6.07 Å². The molecule has 8 heteroatoms. The van der Waals surface area contributed by atoms with E-state index in [2.05, 4.69) is 9.88 Å². The van der Waals surface area contributed by atoms with Gasteiger partial charge in [0.05, 0.1) is 17.3 Å². The average molecular weight is 440 g/mol. The minimum absolute atomic E-state index is 0. The van der Waals surface area contributed by atoms with E-state index in [1.54, 1.807) is 12.3 Å². The summed E-state index contributed by atoms with van der Waals surface area (Å²) in [7, 11) is 0. The van der Waals surface area contributed by atoms with Gasteiger partial charge in [-0.1, -0.05) is 18.6 Å². The predicted molar refractivity (Wildman–Crippen MR) is 111 cm³/mol. The molecule has 1 amide bonds. The van der Waals surface area contributed by atoms with E-state index in [0.29, 0.717) is 6.04 Å². The predicted octanol–water partition coefficient (Wildman–Crippen LogP) is 4.90. The number of alkyl halides is 3. The van der Waals surface area contributed by atoms with Crippen LogP contribution in [0.4, 0.5) is 13.2 Å². The third kappa shape index (κ3) is 4.32. The Morgan fingerprint density at radius 3 is 2.67 bits per heavy atom. The molecule has 0 spiro atoms. The summed E-state index contributed by atoms with van der Waals surface area (Å²) in [4.78, 5) is 18.9. The minimum atomic E-state index is -4.56. The van der Waals surface area contributed by atoms with Crippen molar-refractivity contribution < 1.29 is 18.0 Å². The fraction of sp³-hybridized carbons (Fsp3) is 0.455. The lowest BCUT2D eigenvalue weighted by Gasteiger charge is -2.34. The third-order valence-corrected chi connectivity index (χ3v) is 6.20. The molecule has 1 aromatic carbocycles. The molecule has 0 bridgehead atoms. The van der Waals surface area contributed by atoms with Crippen molar-refractivity contribution in [3.8, 4) is 0 Å². The molecule has 4 rings (SSSR count). The summed E-state index contributed by atoms with van der Waals surface area (Å²) in [5.74, 6) is -0.853. The number of carbonyl (C=O) groups excluding carboxylic acids is 1. The number of aromatic nitrogens is 1. The monoisotopic (exact) mass is 439 g/mol. The molecule has 2 N–H and O–H groups in total. The van der Waals surface area contributed by atoms with Gasteiger partial charge in [-0.2, -0.15) is 13.2 Å². The Kier molecular flexibility index (Phi) is 6.72. The van der Waals surface area contributed by atoms with E-state index in [0.717, 1.165) is 43.1 Å². The largest absolute Gasteiger partial charge is 0.416 e. The Morgan fingerprint density at radius 2 is 1.93 bits per heavy atom. The van der Waals surface area contributed by atoms with Gasteiger partial charge < -0.3 is 5.73 Å². The summed E-state index contributed by atoms with van der Waals surface area (Å²) in [6.45, 7) is 0.997. The summed E-state index contributed by atoms with van der Waals surface area (Å²) < 4.78 is 40.9. The van der Waals surface area contributed by atoms with Crippen LogP contribution in [0, 0.1) is 0 Å². The highest BCUT2D eigenvalue weighted by Gasteiger charge is 2.38. The van der Waals surface area contributed by atoms with Crippen LogP contribution in [-0.4, -0.2) is 28.4 Å². The standard InChI is InChI=1S/C22H24F3N3O.ClH/c23-22(24,25)18-8-3-7-16(21(26)29)17(18)13-14-5-4-11-27-20(14)19-10-9-15-6-1-2-12-28(15)19;/h3-5,7-8,11,15,19H,1-2,6,9-10,12-13H2,(H2,26,29);1H. The van der Waals surface area contributed by atoms with Crippen molar-refractivity contribution in [3.05, 3.63) is 64.5 Å². The number of halogens is 4. The molecule has 2 atom stereocenters. The molecule has 2 aliphatic rings. The van der Waals surface area contributed by atoms with Crippen molar-refractivity contribution in [1.82, 2.24) is 9.88 Å². The molecule has 4 nitrogen and oxygen atoms in total. The van der Waals surface area contributed by atoms with Gasteiger partial charge in [0.1, 0.15) is 0 Å². The van der Waals surface area contributed by atoms with E-state index in [4.69, 9.17) is 5.73 Å². The van der Waals surface area contributed by atoms with Crippen LogP contribution in [0.25, 0.3) is 0 Å². The number of piperidine rings is 1. The fourth-order valence-electron chi connectivity index (χ4n) is 4.92. The van der Waals surface area contributed by atoms with Crippen LogP contribution in [0.5, 0.6) is 0 Å². The second-order valence-corrected chi connectivity index (χ2v) is 7.90. The van der Waals surface area contributed by atoms with Crippen LogP contribution in [-0.2, 0) is 12.6 Å². The first-order chi connectivity index (χ1) is 13.9. The Bertz CT molecular complexity index is 919. The smallest absolute Gasteiger partial charge is 0.366 e. The number of nitrogens with zero attached hydrogens (tertiary/aromatic N) is 2. The number of amides is 1. The quantitative estimate of drug-likeness (QED) is 0.737. The molecule has 2 fully saturated rings. The van der Waals surface area contributed by atoms with Crippen LogP contribution in [0.3, 0.4) is 0 Å². The number of primary amides is 1. The number of benzene rings is 1. The zero-order valence-corrected chi connectivity index (χ0v) is 17.3. The van der Waals surface area contributed by atoms with Gasteiger partial charge in [-0.3, -0.25) is 14.7 Å². The van der Waals surface area contributed by atoms with Gasteiger partial charge >= 0.3 is 6.18 Å². The molecule has 2 unspecified atom stereocenters. The number of fused-ring (bicyclic) bond motifs is 1. The molecule has 30 heavy (non-hydrogen) atoms. The minimum Gasteiger partial charge on any atom is -0.366 e. The number of rotatable bonds is 4. The van der Waals surface area contributed by atoms with E-state index < -0.39 is 17.6 Å². The first-order valence-corrected chi connectivity index (χ1v) is 10.0. The van der Waals surface area contributed by atoms with Gasteiger partial charge in [-0.25, -0.2) is 0 Å². The molecule has 2 aliphatic heterocycles. The molecule has 1 aromatic heterocycles. The van der Waals surface area contributed by atoms with E-state index >= 15 is 0 Å². The number of carbonyl (C=O) groups is 1. The Balaban J connectivity index is 0.00000256. The van der Waals surface area contributed by atoms with Crippen molar-refractivity contribution in [2.75, 3.05) is 6.54 Å². The molecule has 2 aromatic rings. The number of hydrogen-bond acceptors (Lipinski definition) is 3. The Morgan fingerprint density at radius 1 is 1.13 bits per heavy atom. The van der Waals surface area contributed by atoms with E-state index in [1.165, 1.54) is 25.0 Å². The molecule has 0 saturated carbocycles. The third-order valence-electron chi connectivity index (χ3n) is 6.20. The molecule has 0 aliphatic carbocycles.